The molecule has 0 saturated carbocycles. The molecular formula is C18H15N5OS. The summed E-state index contributed by atoms with van der Waals surface area (Å²) in [5, 5.41) is 16.3. The van der Waals surface area contributed by atoms with Crippen molar-refractivity contribution in [1.82, 2.24) is 20.5 Å². The van der Waals surface area contributed by atoms with Gasteiger partial charge in [-0.15, -0.1) is 11.3 Å². The van der Waals surface area contributed by atoms with Gasteiger partial charge < -0.3 is 10.6 Å². The summed E-state index contributed by atoms with van der Waals surface area (Å²) in [6.07, 6.45) is 1.72. The molecule has 0 saturated heterocycles. The van der Waals surface area contributed by atoms with Crippen molar-refractivity contribution >= 4 is 34.0 Å². The van der Waals surface area contributed by atoms with Crippen molar-refractivity contribution in [2.75, 3.05) is 5.32 Å². The van der Waals surface area contributed by atoms with Crippen molar-refractivity contribution in [2.45, 2.75) is 6.54 Å². The number of carbonyl (C=O) groups excluding carboxylic acids is 1. The smallest absolute Gasteiger partial charge is 0.319 e. The van der Waals surface area contributed by atoms with Crippen molar-refractivity contribution in [3.8, 4) is 10.6 Å². The monoisotopic (exact) mass is 349 g/mol. The van der Waals surface area contributed by atoms with Gasteiger partial charge in [-0.2, -0.15) is 5.10 Å². The Morgan fingerprint density at radius 1 is 1.16 bits per heavy atom. The number of urea groups is 1. The van der Waals surface area contributed by atoms with Crippen LogP contribution < -0.4 is 10.6 Å². The van der Waals surface area contributed by atoms with Crippen LogP contribution in [0.3, 0.4) is 0 Å². The summed E-state index contributed by atoms with van der Waals surface area (Å²) in [7, 11) is 0. The molecule has 4 rings (SSSR count). The number of hydrogen-bond donors (Lipinski definition) is 3. The predicted molar refractivity (Wildman–Crippen MR) is 99.5 cm³/mol. The van der Waals surface area contributed by atoms with Crippen molar-refractivity contribution in [1.29, 1.82) is 0 Å². The number of rotatable bonds is 4. The topological polar surface area (TPSA) is 82.7 Å². The Labute approximate surface area is 147 Å². The zero-order valence-electron chi connectivity index (χ0n) is 13.2. The van der Waals surface area contributed by atoms with Crippen molar-refractivity contribution in [3.05, 3.63) is 65.8 Å². The standard InChI is InChI=1S/C18H15N5OS/c24-18(22-14-6-7-16-13(8-14)9-20-23-16)19-10-15-11-25-17(21-15)12-4-2-1-3-5-12/h1-9,11H,10H2,(H,20,23)(H2,19,22,24). The van der Waals surface area contributed by atoms with Gasteiger partial charge in [0.25, 0.3) is 0 Å². The molecule has 0 unspecified atom stereocenters. The minimum atomic E-state index is -0.267. The van der Waals surface area contributed by atoms with Crippen LogP contribution in [-0.2, 0) is 6.54 Å². The Morgan fingerprint density at radius 2 is 2.04 bits per heavy atom. The van der Waals surface area contributed by atoms with E-state index in [-0.39, 0.29) is 6.03 Å². The van der Waals surface area contributed by atoms with Gasteiger partial charge in [0.15, 0.2) is 0 Å². The maximum atomic E-state index is 12.1. The Balaban J connectivity index is 1.36. The fraction of sp³-hybridized carbons (Fsp3) is 0.0556. The third-order valence-electron chi connectivity index (χ3n) is 3.70. The van der Waals surface area contributed by atoms with E-state index in [0.29, 0.717) is 6.54 Å². The highest BCUT2D eigenvalue weighted by Crippen LogP contribution is 2.23. The van der Waals surface area contributed by atoms with Gasteiger partial charge in [-0.3, -0.25) is 5.10 Å². The van der Waals surface area contributed by atoms with E-state index in [0.717, 1.165) is 32.9 Å². The lowest BCUT2D eigenvalue weighted by Gasteiger charge is -2.06. The molecule has 0 radical (unpaired) electrons. The van der Waals surface area contributed by atoms with E-state index in [1.165, 1.54) is 0 Å². The first-order valence-electron chi connectivity index (χ1n) is 7.76. The third-order valence-corrected chi connectivity index (χ3v) is 4.64. The molecule has 0 bridgehead atoms. The number of hydrogen-bond acceptors (Lipinski definition) is 4. The third kappa shape index (κ3) is 3.51. The van der Waals surface area contributed by atoms with Crippen LogP contribution in [0.25, 0.3) is 21.5 Å². The molecule has 6 nitrogen and oxygen atoms in total. The summed E-state index contributed by atoms with van der Waals surface area (Å²) in [5.41, 5.74) is 3.57. The zero-order chi connectivity index (χ0) is 17.1. The molecule has 4 aromatic rings. The van der Waals surface area contributed by atoms with Gasteiger partial charge in [-0.25, -0.2) is 9.78 Å². The molecule has 2 heterocycles. The van der Waals surface area contributed by atoms with Gasteiger partial charge in [0.1, 0.15) is 5.01 Å². The number of benzene rings is 2. The van der Waals surface area contributed by atoms with E-state index in [1.807, 2.05) is 53.9 Å². The van der Waals surface area contributed by atoms with Gasteiger partial charge in [0.2, 0.25) is 0 Å². The summed E-state index contributed by atoms with van der Waals surface area (Å²) in [6, 6.07) is 15.3. The zero-order valence-corrected chi connectivity index (χ0v) is 14.0. The molecular weight excluding hydrogens is 334 g/mol. The van der Waals surface area contributed by atoms with Gasteiger partial charge in [-0.1, -0.05) is 30.3 Å². The van der Waals surface area contributed by atoms with E-state index in [1.54, 1.807) is 17.5 Å². The lowest BCUT2D eigenvalue weighted by molar-refractivity contribution is 0.251. The minimum Gasteiger partial charge on any atom is -0.332 e. The second-order valence-electron chi connectivity index (χ2n) is 5.49. The molecule has 3 N–H and O–H groups in total. The van der Waals surface area contributed by atoms with Crippen LogP contribution in [0.1, 0.15) is 5.69 Å². The Morgan fingerprint density at radius 3 is 2.92 bits per heavy atom. The molecule has 124 valence electrons. The lowest BCUT2D eigenvalue weighted by Crippen LogP contribution is -2.28. The fourth-order valence-electron chi connectivity index (χ4n) is 2.47. The lowest BCUT2D eigenvalue weighted by atomic mass is 10.2. The van der Waals surface area contributed by atoms with E-state index in [2.05, 4.69) is 25.8 Å². The molecule has 2 aromatic heterocycles. The first-order valence-corrected chi connectivity index (χ1v) is 8.64. The molecule has 2 aromatic carbocycles. The highest BCUT2D eigenvalue weighted by Gasteiger charge is 2.07. The summed E-state index contributed by atoms with van der Waals surface area (Å²) in [4.78, 5) is 16.6. The molecule has 25 heavy (non-hydrogen) atoms. The van der Waals surface area contributed by atoms with Crippen LogP contribution >= 0.6 is 11.3 Å². The van der Waals surface area contributed by atoms with Crippen molar-refractivity contribution < 1.29 is 4.79 Å². The fourth-order valence-corrected chi connectivity index (χ4v) is 3.29. The molecule has 0 fully saturated rings. The molecule has 0 aliphatic heterocycles. The molecule has 2 amide bonds. The summed E-state index contributed by atoms with van der Waals surface area (Å²) in [5.74, 6) is 0. The molecule has 7 heteroatoms. The quantitative estimate of drug-likeness (QED) is 0.520. The first-order chi connectivity index (χ1) is 12.3. The van der Waals surface area contributed by atoms with Gasteiger partial charge >= 0.3 is 6.03 Å². The van der Waals surface area contributed by atoms with Crippen molar-refractivity contribution in [2.24, 2.45) is 0 Å². The Hall–Kier alpha value is -3.19. The van der Waals surface area contributed by atoms with Crippen LogP contribution in [0, 0.1) is 0 Å². The molecule has 0 aliphatic rings. The minimum absolute atomic E-state index is 0.267. The Bertz CT molecular complexity index is 1010. The summed E-state index contributed by atoms with van der Waals surface area (Å²) in [6.45, 7) is 0.378. The highest BCUT2D eigenvalue weighted by molar-refractivity contribution is 7.13. The normalized spacial score (nSPS) is 10.7. The van der Waals surface area contributed by atoms with Crippen LogP contribution in [0.5, 0.6) is 0 Å². The summed E-state index contributed by atoms with van der Waals surface area (Å²) < 4.78 is 0. The number of anilines is 1. The van der Waals surface area contributed by atoms with Crippen LogP contribution in [0.4, 0.5) is 10.5 Å². The number of nitrogens with one attached hydrogen (secondary N) is 3. The molecule has 0 spiro atoms. The van der Waals surface area contributed by atoms with Crippen LogP contribution in [-0.4, -0.2) is 21.2 Å². The predicted octanol–water partition coefficient (Wildman–Crippen LogP) is 4.01. The molecule has 0 atom stereocenters. The number of fused-ring (bicyclic) bond motifs is 1. The second kappa shape index (κ2) is 6.74. The number of aromatic amines is 1. The van der Waals surface area contributed by atoms with E-state index < -0.39 is 0 Å². The maximum Gasteiger partial charge on any atom is 0.319 e. The number of H-pyrrole nitrogens is 1. The van der Waals surface area contributed by atoms with Crippen LogP contribution in [0.15, 0.2) is 60.1 Å². The van der Waals surface area contributed by atoms with Gasteiger partial charge in [0.05, 0.1) is 24.0 Å². The second-order valence-corrected chi connectivity index (χ2v) is 6.35. The largest absolute Gasteiger partial charge is 0.332 e. The van der Waals surface area contributed by atoms with Gasteiger partial charge in [-0.05, 0) is 18.2 Å². The SMILES string of the molecule is O=C(NCc1csc(-c2ccccc2)n1)Nc1ccc2[nH]ncc2c1. The summed E-state index contributed by atoms with van der Waals surface area (Å²) >= 11 is 1.57. The number of carbonyl (C=O) groups is 1. The number of amides is 2. The van der Waals surface area contributed by atoms with Crippen LogP contribution in [0.2, 0.25) is 0 Å². The van der Waals surface area contributed by atoms with Crippen molar-refractivity contribution in [3.63, 3.8) is 0 Å². The Kier molecular flexibility index (Phi) is 4.14. The van der Waals surface area contributed by atoms with E-state index in [4.69, 9.17) is 0 Å². The number of nitrogens with zero attached hydrogens (tertiary/aromatic N) is 2. The maximum absolute atomic E-state index is 12.1. The number of aromatic nitrogens is 3. The number of thiazole rings is 1. The first kappa shape index (κ1) is 15.3. The van der Waals surface area contributed by atoms with Gasteiger partial charge in [0, 0.05) is 22.0 Å². The average Bonchev–Trinajstić information content (AvgIpc) is 3.30. The molecule has 0 aliphatic carbocycles. The average molecular weight is 349 g/mol. The van der Waals surface area contributed by atoms with E-state index in [9.17, 15) is 4.79 Å². The van der Waals surface area contributed by atoms with E-state index >= 15 is 0 Å². The highest BCUT2D eigenvalue weighted by atomic mass is 32.1.